The summed E-state index contributed by atoms with van der Waals surface area (Å²) < 4.78 is 47.0. The molecule has 0 bridgehead atoms. The van der Waals surface area contributed by atoms with Gasteiger partial charge in [-0.1, -0.05) is 15.9 Å². The monoisotopic (exact) mass is 470 g/mol. The number of hydrogen-bond donors (Lipinski definition) is 2. The predicted molar refractivity (Wildman–Crippen MR) is 106 cm³/mol. The summed E-state index contributed by atoms with van der Waals surface area (Å²) in [4.78, 5) is 12.5. The normalized spacial score (nSPS) is 15.4. The number of benzene rings is 1. The molecule has 28 heavy (non-hydrogen) atoms. The number of halogens is 2. The molecule has 0 atom stereocenters. The molecule has 0 aliphatic heterocycles. The molecule has 6 nitrogen and oxygen atoms in total. The van der Waals surface area contributed by atoms with Crippen LogP contribution in [0.3, 0.4) is 0 Å². The van der Waals surface area contributed by atoms with Gasteiger partial charge in [0, 0.05) is 22.6 Å². The van der Waals surface area contributed by atoms with E-state index in [4.69, 9.17) is 4.42 Å². The van der Waals surface area contributed by atoms with Crippen molar-refractivity contribution in [1.29, 1.82) is 0 Å². The maximum Gasteiger partial charge on any atom is 0.333 e. The van der Waals surface area contributed by atoms with Crippen LogP contribution in [0, 0.1) is 12.7 Å². The molecule has 4 rings (SSSR count). The first-order chi connectivity index (χ1) is 13.3. The molecule has 0 saturated heterocycles. The number of sulfonamides is 1. The van der Waals surface area contributed by atoms with Gasteiger partial charge in [-0.15, -0.1) is 0 Å². The van der Waals surface area contributed by atoms with E-state index < -0.39 is 16.1 Å². The lowest BCUT2D eigenvalue weighted by Crippen LogP contribution is -2.34. The van der Waals surface area contributed by atoms with Gasteiger partial charge in [0.15, 0.2) is 0 Å². The molecule has 2 aromatic rings. The molecule has 1 aromatic carbocycles. The molecule has 1 aromatic heterocycles. The average molecular weight is 471 g/mol. The minimum Gasteiger partial charge on any atom is -0.448 e. The number of rotatable bonds is 4. The van der Waals surface area contributed by atoms with Crippen molar-refractivity contribution in [2.24, 2.45) is 0 Å². The third-order valence-electron chi connectivity index (χ3n) is 5.44. The van der Waals surface area contributed by atoms with Crippen molar-refractivity contribution in [2.45, 2.75) is 55.9 Å². The maximum atomic E-state index is 14.7. The molecule has 9 heteroatoms. The van der Waals surface area contributed by atoms with Crippen molar-refractivity contribution in [3.05, 3.63) is 45.5 Å². The molecule has 2 N–H and O–H groups in total. The van der Waals surface area contributed by atoms with E-state index in [9.17, 15) is 17.6 Å². The highest BCUT2D eigenvalue weighted by Crippen LogP contribution is 2.40. The van der Waals surface area contributed by atoms with E-state index in [1.54, 1.807) is 6.92 Å². The highest BCUT2D eigenvalue weighted by Gasteiger charge is 2.31. The quantitative estimate of drug-likeness (QED) is 0.657. The molecule has 2 amide bonds. The Morgan fingerprint density at radius 1 is 1.14 bits per heavy atom. The third-order valence-corrected chi connectivity index (χ3v) is 7.23. The third kappa shape index (κ3) is 3.24. The summed E-state index contributed by atoms with van der Waals surface area (Å²) in [5, 5.41) is 2.81. The Balaban J connectivity index is 1.61. The van der Waals surface area contributed by atoms with Crippen molar-refractivity contribution in [2.75, 3.05) is 5.32 Å². The van der Waals surface area contributed by atoms with Gasteiger partial charge in [0.2, 0.25) is 5.09 Å². The van der Waals surface area contributed by atoms with E-state index in [-0.39, 0.29) is 10.9 Å². The van der Waals surface area contributed by atoms with Crippen molar-refractivity contribution in [1.82, 2.24) is 4.72 Å². The number of aryl methyl sites for hydroxylation is 1. The van der Waals surface area contributed by atoms with Gasteiger partial charge >= 0.3 is 6.03 Å². The van der Waals surface area contributed by atoms with E-state index in [0.717, 1.165) is 24.0 Å². The predicted octanol–water partition coefficient (Wildman–Crippen LogP) is 4.11. The van der Waals surface area contributed by atoms with Crippen molar-refractivity contribution in [3.8, 4) is 0 Å². The molecule has 0 saturated carbocycles. The minimum atomic E-state index is -4.15. The minimum absolute atomic E-state index is 0.146. The van der Waals surface area contributed by atoms with Crippen LogP contribution < -0.4 is 10.0 Å². The van der Waals surface area contributed by atoms with Crippen LogP contribution in [-0.2, 0) is 41.0 Å². The Morgan fingerprint density at radius 2 is 1.71 bits per heavy atom. The molecule has 0 unspecified atom stereocenters. The number of carbonyl (C=O) groups is 1. The van der Waals surface area contributed by atoms with Gasteiger partial charge in [0.25, 0.3) is 10.0 Å². The van der Waals surface area contributed by atoms with E-state index in [1.807, 2.05) is 4.72 Å². The van der Waals surface area contributed by atoms with Crippen LogP contribution in [0.4, 0.5) is 14.9 Å². The maximum absolute atomic E-state index is 14.7. The molecular weight excluding hydrogens is 451 g/mol. The van der Waals surface area contributed by atoms with E-state index in [0.29, 0.717) is 59.2 Å². The number of urea groups is 1. The van der Waals surface area contributed by atoms with Gasteiger partial charge in [0.05, 0.1) is 0 Å². The topological polar surface area (TPSA) is 88.4 Å². The highest BCUT2D eigenvalue weighted by atomic mass is 79.9. The lowest BCUT2D eigenvalue weighted by atomic mass is 9.98. The number of alkyl halides is 1. The number of carbonyl (C=O) groups excluding carboxylic acids is 1. The first-order valence-corrected chi connectivity index (χ1v) is 11.8. The standard InChI is InChI=1S/C19H20BrFN2O4S/c1-10-11(9-20)8-16(27-10)28(25,26)23-19(24)22-18-14-6-2-4-12(14)17(21)13-5-3-7-15(13)18/h8H,2-7,9H2,1H3,(H2,22,23,24). The lowest BCUT2D eigenvalue weighted by molar-refractivity contribution is 0.256. The number of hydrogen-bond acceptors (Lipinski definition) is 4. The van der Waals surface area contributed by atoms with E-state index in [1.165, 1.54) is 6.07 Å². The molecule has 1 heterocycles. The van der Waals surface area contributed by atoms with Gasteiger partial charge in [-0.25, -0.2) is 13.9 Å². The van der Waals surface area contributed by atoms with Crippen LogP contribution in [0.5, 0.6) is 0 Å². The lowest BCUT2D eigenvalue weighted by Gasteiger charge is -2.17. The number of furan rings is 1. The second kappa shape index (κ2) is 7.18. The Morgan fingerprint density at radius 3 is 2.25 bits per heavy atom. The first kappa shape index (κ1) is 19.4. The fraction of sp³-hybridized carbons (Fsp3) is 0.421. The zero-order chi connectivity index (χ0) is 20.1. The van der Waals surface area contributed by atoms with Crippen LogP contribution in [0.2, 0.25) is 0 Å². The molecule has 150 valence electrons. The summed E-state index contributed by atoms with van der Waals surface area (Å²) in [5.41, 5.74) is 4.16. The van der Waals surface area contributed by atoms with Gasteiger partial charge < -0.3 is 9.73 Å². The number of amides is 2. The van der Waals surface area contributed by atoms with Gasteiger partial charge in [-0.2, -0.15) is 8.42 Å². The molecule has 2 aliphatic rings. The highest BCUT2D eigenvalue weighted by molar-refractivity contribution is 9.08. The van der Waals surface area contributed by atoms with Crippen LogP contribution in [-0.4, -0.2) is 14.4 Å². The Labute approximate surface area is 171 Å². The van der Waals surface area contributed by atoms with Crippen LogP contribution in [0.1, 0.15) is 46.4 Å². The summed E-state index contributed by atoms with van der Waals surface area (Å²) in [7, 11) is -4.15. The number of anilines is 1. The number of nitrogens with one attached hydrogen (secondary N) is 2. The molecular formula is C19H20BrFN2O4S. The van der Waals surface area contributed by atoms with E-state index in [2.05, 4.69) is 21.2 Å². The molecule has 0 spiro atoms. The fourth-order valence-corrected chi connectivity index (χ4v) is 5.59. The van der Waals surface area contributed by atoms with Gasteiger partial charge in [-0.05, 0) is 67.7 Å². The first-order valence-electron chi connectivity index (χ1n) is 9.16. The largest absolute Gasteiger partial charge is 0.448 e. The summed E-state index contributed by atoms with van der Waals surface area (Å²) >= 11 is 3.26. The van der Waals surface area contributed by atoms with Crippen LogP contribution in [0.25, 0.3) is 0 Å². The Kier molecular flexibility index (Phi) is 4.99. The van der Waals surface area contributed by atoms with Crippen molar-refractivity contribution >= 4 is 37.7 Å². The smallest absolute Gasteiger partial charge is 0.333 e. The summed E-state index contributed by atoms with van der Waals surface area (Å²) in [6.45, 7) is 1.65. The van der Waals surface area contributed by atoms with Gasteiger partial charge in [-0.3, -0.25) is 0 Å². The summed E-state index contributed by atoms with van der Waals surface area (Å²) in [6, 6.07) is 0.511. The van der Waals surface area contributed by atoms with Crippen molar-refractivity contribution < 1.29 is 22.0 Å². The van der Waals surface area contributed by atoms with Crippen LogP contribution >= 0.6 is 15.9 Å². The average Bonchev–Trinajstić information content (AvgIpc) is 3.37. The second-order valence-corrected chi connectivity index (χ2v) is 9.32. The Bertz CT molecular complexity index is 1040. The van der Waals surface area contributed by atoms with E-state index >= 15 is 0 Å². The molecule has 2 aliphatic carbocycles. The molecule has 0 fully saturated rings. The zero-order valence-electron chi connectivity index (χ0n) is 15.3. The Hall–Kier alpha value is -1.87. The van der Waals surface area contributed by atoms with Crippen LogP contribution in [0.15, 0.2) is 15.6 Å². The van der Waals surface area contributed by atoms with Gasteiger partial charge in [0.1, 0.15) is 11.6 Å². The number of fused-ring (bicyclic) bond motifs is 2. The van der Waals surface area contributed by atoms with Crippen molar-refractivity contribution in [3.63, 3.8) is 0 Å². The summed E-state index contributed by atoms with van der Waals surface area (Å²) in [6.07, 6.45) is 4.28. The zero-order valence-corrected chi connectivity index (χ0v) is 17.7. The SMILES string of the molecule is Cc1oc(S(=O)(=O)NC(=O)Nc2c3c(c(F)c4c2CCC4)CCC3)cc1CBr. The summed E-state index contributed by atoms with van der Waals surface area (Å²) in [5.74, 6) is 0.318. The fourth-order valence-electron chi connectivity index (χ4n) is 4.11. The second-order valence-electron chi connectivity index (χ2n) is 7.15. The molecule has 0 radical (unpaired) electrons.